The molecule has 0 radical (unpaired) electrons. The first-order valence-corrected chi connectivity index (χ1v) is 5.99. The van der Waals surface area contributed by atoms with Gasteiger partial charge in [-0.05, 0) is 26.7 Å². The van der Waals surface area contributed by atoms with E-state index in [0.717, 1.165) is 31.7 Å². The topological polar surface area (TPSA) is 39.1 Å². The molecule has 1 aromatic heterocycles. The van der Waals surface area contributed by atoms with E-state index in [4.69, 9.17) is 4.74 Å². The Morgan fingerprint density at radius 3 is 3.06 bits per heavy atom. The molecule has 0 spiro atoms. The van der Waals surface area contributed by atoms with E-state index < -0.39 is 0 Å². The molecular formula is C12H21N3O. The summed E-state index contributed by atoms with van der Waals surface area (Å²) in [5, 5.41) is 7.93. The molecule has 1 fully saturated rings. The second kappa shape index (κ2) is 4.97. The molecule has 1 aromatic rings. The molecule has 1 aliphatic heterocycles. The van der Waals surface area contributed by atoms with Crippen LogP contribution in [0.2, 0.25) is 0 Å². The van der Waals surface area contributed by atoms with Crippen molar-refractivity contribution in [3.05, 3.63) is 17.5 Å². The average Bonchev–Trinajstić information content (AvgIpc) is 2.54. The summed E-state index contributed by atoms with van der Waals surface area (Å²) >= 11 is 0. The summed E-state index contributed by atoms with van der Waals surface area (Å²) in [6.07, 6.45) is 4.70. The van der Waals surface area contributed by atoms with E-state index in [-0.39, 0.29) is 0 Å². The molecule has 16 heavy (non-hydrogen) atoms. The molecule has 1 N–H and O–H groups in total. The van der Waals surface area contributed by atoms with Gasteiger partial charge in [-0.15, -0.1) is 0 Å². The van der Waals surface area contributed by atoms with Gasteiger partial charge in [0.1, 0.15) is 0 Å². The Labute approximate surface area is 97.0 Å². The normalized spacial score (nSPS) is 25.9. The Hall–Kier alpha value is -0.870. The molecule has 0 amide bonds. The maximum atomic E-state index is 5.53. The van der Waals surface area contributed by atoms with Crippen molar-refractivity contribution in [3.8, 4) is 0 Å². The molecule has 90 valence electrons. The highest BCUT2D eigenvalue weighted by atomic mass is 16.5. The molecule has 4 heteroatoms. The minimum atomic E-state index is 0.390. The van der Waals surface area contributed by atoms with Crippen LogP contribution in [-0.4, -0.2) is 28.5 Å². The predicted molar refractivity (Wildman–Crippen MR) is 63.2 cm³/mol. The van der Waals surface area contributed by atoms with E-state index in [1.54, 1.807) is 0 Å². The quantitative estimate of drug-likeness (QED) is 0.841. The van der Waals surface area contributed by atoms with Crippen molar-refractivity contribution < 1.29 is 4.74 Å². The van der Waals surface area contributed by atoms with Gasteiger partial charge >= 0.3 is 0 Å². The predicted octanol–water partition coefficient (Wildman–Crippen LogP) is 1.39. The number of hydrogen-bond donors (Lipinski definition) is 1. The number of aromatic nitrogens is 2. The van der Waals surface area contributed by atoms with Gasteiger partial charge in [0, 0.05) is 38.0 Å². The third-order valence-corrected chi connectivity index (χ3v) is 3.18. The zero-order chi connectivity index (χ0) is 11.5. The number of nitrogens with zero attached hydrogens (tertiary/aromatic N) is 2. The fourth-order valence-electron chi connectivity index (χ4n) is 2.26. The van der Waals surface area contributed by atoms with Gasteiger partial charge < -0.3 is 10.1 Å². The van der Waals surface area contributed by atoms with Crippen molar-refractivity contribution in [1.29, 1.82) is 0 Å². The molecule has 0 bridgehead atoms. The zero-order valence-corrected chi connectivity index (χ0v) is 10.4. The van der Waals surface area contributed by atoms with Crippen molar-refractivity contribution in [2.24, 2.45) is 7.05 Å². The maximum Gasteiger partial charge on any atom is 0.0638 e. The zero-order valence-electron chi connectivity index (χ0n) is 10.4. The summed E-state index contributed by atoms with van der Waals surface area (Å²) in [6.45, 7) is 5.99. The van der Waals surface area contributed by atoms with Gasteiger partial charge in [-0.2, -0.15) is 5.10 Å². The minimum absolute atomic E-state index is 0.390. The number of ether oxygens (including phenoxy) is 1. The largest absolute Gasteiger partial charge is 0.378 e. The van der Waals surface area contributed by atoms with Crippen LogP contribution >= 0.6 is 0 Å². The fourth-order valence-corrected chi connectivity index (χ4v) is 2.26. The highest BCUT2D eigenvalue weighted by molar-refractivity contribution is 5.14. The Bertz CT molecular complexity index is 348. The highest BCUT2D eigenvalue weighted by Crippen LogP contribution is 2.14. The van der Waals surface area contributed by atoms with E-state index in [0.29, 0.717) is 12.1 Å². The van der Waals surface area contributed by atoms with Gasteiger partial charge in [-0.25, -0.2) is 0 Å². The van der Waals surface area contributed by atoms with Crippen molar-refractivity contribution >= 4 is 0 Å². The van der Waals surface area contributed by atoms with Gasteiger partial charge in [0.05, 0.1) is 11.8 Å². The summed E-state index contributed by atoms with van der Waals surface area (Å²) in [7, 11) is 1.97. The Morgan fingerprint density at radius 1 is 1.62 bits per heavy atom. The summed E-state index contributed by atoms with van der Waals surface area (Å²) < 4.78 is 7.41. The molecular weight excluding hydrogens is 202 g/mol. The Kier molecular flexibility index (Phi) is 3.61. The lowest BCUT2D eigenvalue weighted by Crippen LogP contribution is -2.37. The Morgan fingerprint density at radius 2 is 2.44 bits per heavy atom. The van der Waals surface area contributed by atoms with E-state index in [9.17, 15) is 0 Å². The molecule has 2 heterocycles. The summed E-state index contributed by atoms with van der Waals surface area (Å²) in [5.41, 5.74) is 2.41. The molecule has 0 aromatic carbocycles. The van der Waals surface area contributed by atoms with Crippen molar-refractivity contribution in [1.82, 2.24) is 15.1 Å². The molecule has 0 aliphatic carbocycles. The van der Waals surface area contributed by atoms with Crippen molar-refractivity contribution in [3.63, 3.8) is 0 Å². The first-order chi connectivity index (χ1) is 7.65. The van der Waals surface area contributed by atoms with Crippen LogP contribution in [0.15, 0.2) is 6.20 Å². The van der Waals surface area contributed by atoms with Crippen LogP contribution in [0.4, 0.5) is 0 Å². The summed E-state index contributed by atoms with van der Waals surface area (Å²) in [6, 6.07) is 0.586. The maximum absolute atomic E-state index is 5.53. The monoisotopic (exact) mass is 223 g/mol. The standard InChI is InChI=1S/C12H21N3O/c1-9-6-12(4-5-16-9)13-7-11-8-15(3)14-10(11)2/h8-9,12-13H,4-7H2,1-3H3. The number of nitrogens with one attached hydrogen (secondary N) is 1. The van der Waals surface area contributed by atoms with Gasteiger partial charge in [0.15, 0.2) is 0 Å². The Balaban J connectivity index is 1.85. The second-order valence-electron chi connectivity index (χ2n) is 4.70. The van der Waals surface area contributed by atoms with Crippen molar-refractivity contribution in [2.75, 3.05) is 6.61 Å². The van der Waals surface area contributed by atoms with Gasteiger partial charge in [0.2, 0.25) is 0 Å². The summed E-state index contributed by atoms with van der Waals surface area (Å²) in [4.78, 5) is 0. The van der Waals surface area contributed by atoms with Crippen LogP contribution in [0.5, 0.6) is 0 Å². The average molecular weight is 223 g/mol. The van der Waals surface area contributed by atoms with Crippen LogP contribution in [0, 0.1) is 6.92 Å². The molecule has 0 saturated carbocycles. The first-order valence-electron chi connectivity index (χ1n) is 5.99. The molecule has 2 atom stereocenters. The van der Waals surface area contributed by atoms with E-state index in [2.05, 4.69) is 30.5 Å². The number of rotatable bonds is 3. The van der Waals surface area contributed by atoms with Crippen LogP contribution in [-0.2, 0) is 18.3 Å². The highest BCUT2D eigenvalue weighted by Gasteiger charge is 2.18. The lowest BCUT2D eigenvalue weighted by molar-refractivity contribution is 0.0130. The molecule has 2 rings (SSSR count). The van der Waals surface area contributed by atoms with E-state index >= 15 is 0 Å². The smallest absolute Gasteiger partial charge is 0.0638 e. The van der Waals surface area contributed by atoms with Crippen LogP contribution in [0.3, 0.4) is 0 Å². The van der Waals surface area contributed by atoms with Gasteiger partial charge in [-0.3, -0.25) is 4.68 Å². The lowest BCUT2D eigenvalue weighted by atomic mass is 10.0. The number of aryl methyl sites for hydroxylation is 2. The van der Waals surface area contributed by atoms with Gasteiger partial charge in [0.25, 0.3) is 0 Å². The second-order valence-corrected chi connectivity index (χ2v) is 4.70. The fraction of sp³-hybridized carbons (Fsp3) is 0.750. The van der Waals surface area contributed by atoms with Gasteiger partial charge in [-0.1, -0.05) is 0 Å². The molecule has 4 nitrogen and oxygen atoms in total. The summed E-state index contributed by atoms with van der Waals surface area (Å²) in [5.74, 6) is 0. The molecule has 1 saturated heterocycles. The first kappa shape index (κ1) is 11.6. The van der Waals surface area contributed by atoms with E-state index in [1.165, 1.54) is 5.56 Å². The minimum Gasteiger partial charge on any atom is -0.378 e. The third kappa shape index (κ3) is 2.83. The molecule has 2 unspecified atom stereocenters. The van der Waals surface area contributed by atoms with Crippen LogP contribution in [0.25, 0.3) is 0 Å². The van der Waals surface area contributed by atoms with Crippen LogP contribution < -0.4 is 5.32 Å². The third-order valence-electron chi connectivity index (χ3n) is 3.18. The number of hydrogen-bond acceptors (Lipinski definition) is 3. The van der Waals surface area contributed by atoms with E-state index in [1.807, 2.05) is 11.7 Å². The lowest BCUT2D eigenvalue weighted by Gasteiger charge is -2.28. The van der Waals surface area contributed by atoms with Crippen molar-refractivity contribution in [2.45, 2.75) is 45.4 Å². The SMILES string of the molecule is Cc1nn(C)cc1CNC1CCOC(C)C1. The van der Waals surface area contributed by atoms with Crippen LogP contribution in [0.1, 0.15) is 31.0 Å². The molecule has 1 aliphatic rings.